The Morgan fingerprint density at radius 3 is 2.56 bits per heavy atom. The summed E-state index contributed by atoms with van der Waals surface area (Å²) in [5.74, 6) is 2.64. The van der Waals surface area contributed by atoms with Crippen molar-refractivity contribution >= 4 is 5.91 Å². The van der Waals surface area contributed by atoms with Gasteiger partial charge in [0.1, 0.15) is 5.75 Å². The van der Waals surface area contributed by atoms with Gasteiger partial charge in [-0.2, -0.15) is 0 Å². The summed E-state index contributed by atoms with van der Waals surface area (Å²) < 4.78 is 5.45. The average Bonchev–Trinajstić information content (AvgIpc) is 2.36. The second-order valence-electron chi connectivity index (χ2n) is 3.93. The third kappa shape index (κ3) is 4.11. The number of carbonyl (C=O) groups excluding carboxylic acids is 1. The summed E-state index contributed by atoms with van der Waals surface area (Å²) in [4.78, 5) is 11.5. The molecular formula is C14H17NO3. The summed E-state index contributed by atoms with van der Waals surface area (Å²) in [6.07, 6.45) is 3.91. The molecule has 4 heteroatoms. The van der Waals surface area contributed by atoms with E-state index in [2.05, 4.69) is 11.2 Å². The molecule has 1 aromatic carbocycles. The number of rotatable bonds is 5. The quantitative estimate of drug-likeness (QED) is 0.770. The number of aliphatic hydroxyl groups excluding tert-OH is 1. The van der Waals surface area contributed by atoms with E-state index in [4.69, 9.17) is 11.2 Å². The van der Waals surface area contributed by atoms with E-state index in [1.54, 1.807) is 38.1 Å². The number of hydrogen-bond acceptors (Lipinski definition) is 3. The van der Waals surface area contributed by atoms with Gasteiger partial charge in [0.2, 0.25) is 0 Å². The van der Waals surface area contributed by atoms with Crippen LogP contribution >= 0.6 is 0 Å². The van der Waals surface area contributed by atoms with Crippen molar-refractivity contribution in [3.63, 3.8) is 0 Å². The second-order valence-corrected chi connectivity index (χ2v) is 3.93. The number of amides is 1. The first-order valence-corrected chi connectivity index (χ1v) is 5.70. The van der Waals surface area contributed by atoms with E-state index < -0.39 is 12.2 Å². The molecule has 0 fully saturated rings. The van der Waals surface area contributed by atoms with Crippen LogP contribution in [0.1, 0.15) is 25.5 Å². The number of terminal acetylenes is 1. The fourth-order valence-corrected chi connectivity index (χ4v) is 1.36. The highest BCUT2D eigenvalue weighted by Gasteiger charge is 2.13. The molecule has 0 aliphatic heterocycles. The fourth-order valence-electron chi connectivity index (χ4n) is 1.36. The lowest BCUT2D eigenvalue weighted by Gasteiger charge is -2.14. The van der Waals surface area contributed by atoms with Gasteiger partial charge in [0.05, 0.1) is 12.6 Å². The second kappa shape index (κ2) is 6.67. The summed E-state index contributed by atoms with van der Waals surface area (Å²) >= 11 is 0. The van der Waals surface area contributed by atoms with E-state index >= 15 is 0 Å². The van der Waals surface area contributed by atoms with E-state index in [0.29, 0.717) is 5.75 Å². The lowest BCUT2D eigenvalue weighted by Crippen LogP contribution is -2.36. The van der Waals surface area contributed by atoms with E-state index in [0.717, 1.165) is 5.56 Å². The molecule has 0 aliphatic rings. The first-order chi connectivity index (χ1) is 8.54. The van der Waals surface area contributed by atoms with Crippen LogP contribution < -0.4 is 10.1 Å². The first-order valence-electron chi connectivity index (χ1n) is 5.70. The molecule has 0 saturated heterocycles. The molecule has 0 bridgehead atoms. The summed E-state index contributed by atoms with van der Waals surface area (Å²) in [5.41, 5.74) is 0.798. The van der Waals surface area contributed by atoms with E-state index in [9.17, 15) is 9.90 Å². The lowest BCUT2D eigenvalue weighted by atomic mass is 10.1. The zero-order valence-electron chi connectivity index (χ0n) is 10.5. The molecule has 2 atom stereocenters. The normalized spacial score (nSPS) is 13.2. The van der Waals surface area contributed by atoms with Gasteiger partial charge in [-0.15, -0.1) is 6.42 Å². The zero-order chi connectivity index (χ0) is 13.5. The standard InChI is InChI=1S/C14H17NO3/c1-4-9-15-14(17)11(3)18-13-7-5-12(6-8-13)10(2)16/h1,5-8,10-11,16H,9H2,2-3H3,(H,15,17). The van der Waals surface area contributed by atoms with Crippen molar-refractivity contribution in [3.05, 3.63) is 29.8 Å². The zero-order valence-corrected chi connectivity index (χ0v) is 10.5. The minimum Gasteiger partial charge on any atom is -0.481 e. The van der Waals surface area contributed by atoms with Crippen LogP contribution in [-0.4, -0.2) is 23.7 Å². The predicted molar refractivity (Wildman–Crippen MR) is 69.0 cm³/mol. The molecule has 4 nitrogen and oxygen atoms in total. The minimum absolute atomic E-state index is 0.188. The largest absolute Gasteiger partial charge is 0.481 e. The molecule has 0 radical (unpaired) electrons. The van der Waals surface area contributed by atoms with Gasteiger partial charge in [-0.25, -0.2) is 0 Å². The number of carbonyl (C=O) groups is 1. The number of ether oxygens (including phenoxy) is 1. The van der Waals surface area contributed by atoms with Gasteiger partial charge in [0, 0.05) is 0 Å². The summed E-state index contributed by atoms with van der Waals surface area (Å²) in [5, 5.41) is 11.9. The molecule has 0 saturated carbocycles. The third-order valence-corrected chi connectivity index (χ3v) is 2.41. The maximum Gasteiger partial charge on any atom is 0.261 e. The van der Waals surface area contributed by atoms with Crippen molar-refractivity contribution < 1.29 is 14.6 Å². The van der Waals surface area contributed by atoms with Crippen LogP contribution in [0.4, 0.5) is 0 Å². The van der Waals surface area contributed by atoms with Crippen LogP contribution in [0.5, 0.6) is 5.75 Å². The van der Waals surface area contributed by atoms with Crippen molar-refractivity contribution in [1.29, 1.82) is 0 Å². The summed E-state index contributed by atoms with van der Waals surface area (Å²) in [6, 6.07) is 6.94. The number of aliphatic hydroxyl groups is 1. The Morgan fingerprint density at radius 2 is 2.06 bits per heavy atom. The van der Waals surface area contributed by atoms with Gasteiger partial charge in [-0.3, -0.25) is 4.79 Å². The highest BCUT2D eigenvalue weighted by Crippen LogP contribution is 2.18. The molecule has 1 rings (SSSR count). The van der Waals surface area contributed by atoms with E-state index in [1.165, 1.54) is 0 Å². The minimum atomic E-state index is -0.615. The van der Waals surface area contributed by atoms with Crippen molar-refractivity contribution in [3.8, 4) is 18.1 Å². The number of benzene rings is 1. The molecule has 0 heterocycles. The SMILES string of the molecule is C#CCNC(=O)C(C)Oc1ccc(C(C)O)cc1. The van der Waals surface area contributed by atoms with Crippen LogP contribution in [0.15, 0.2) is 24.3 Å². The maximum atomic E-state index is 11.5. The van der Waals surface area contributed by atoms with Crippen LogP contribution in [0.3, 0.4) is 0 Å². The van der Waals surface area contributed by atoms with Gasteiger partial charge < -0.3 is 15.2 Å². The topological polar surface area (TPSA) is 58.6 Å². The molecule has 1 amide bonds. The van der Waals surface area contributed by atoms with Crippen molar-refractivity contribution in [2.75, 3.05) is 6.54 Å². The van der Waals surface area contributed by atoms with E-state index in [1.807, 2.05) is 0 Å². The van der Waals surface area contributed by atoms with Crippen molar-refractivity contribution in [2.45, 2.75) is 26.1 Å². The Morgan fingerprint density at radius 1 is 1.44 bits per heavy atom. The molecule has 0 aliphatic carbocycles. The molecule has 0 aromatic heterocycles. The van der Waals surface area contributed by atoms with Gasteiger partial charge in [-0.05, 0) is 31.5 Å². The van der Waals surface area contributed by atoms with Crippen molar-refractivity contribution in [2.24, 2.45) is 0 Å². The Labute approximate surface area is 107 Å². The summed E-state index contributed by atoms with van der Waals surface area (Å²) in [6.45, 7) is 3.52. The van der Waals surface area contributed by atoms with Gasteiger partial charge >= 0.3 is 0 Å². The molecular weight excluding hydrogens is 230 g/mol. The third-order valence-electron chi connectivity index (χ3n) is 2.41. The average molecular weight is 247 g/mol. The first kappa shape index (κ1) is 14.1. The Bertz CT molecular complexity index is 431. The van der Waals surface area contributed by atoms with Gasteiger partial charge in [0.15, 0.2) is 6.10 Å². The highest BCUT2D eigenvalue weighted by molar-refractivity contribution is 5.80. The fraction of sp³-hybridized carbons (Fsp3) is 0.357. The molecule has 18 heavy (non-hydrogen) atoms. The molecule has 0 spiro atoms. The van der Waals surface area contributed by atoms with Gasteiger partial charge in [0.25, 0.3) is 5.91 Å². The Kier molecular flexibility index (Phi) is 5.22. The van der Waals surface area contributed by atoms with Gasteiger partial charge in [-0.1, -0.05) is 18.1 Å². The summed E-state index contributed by atoms with van der Waals surface area (Å²) in [7, 11) is 0. The maximum absolute atomic E-state index is 11.5. The van der Waals surface area contributed by atoms with Crippen LogP contribution in [0.2, 0.25) is 0 Å². The predicted octanol–water partition coefficient (Wildman–Crippen LogP) is 1.26. The molecule has 96 valence electrons. The number of hydrogen-bond donors (Lipinski definition) is 2. The van der Waals surface area contributed by atoms with Crippen molar-refractivity contribution in [1.82, 2.24) is 5.32 Å². The molecule has 1 aromatic rings. The highest BCUT2D eigenvalue weighted by atomic mass is 16.5. The monoisotopic (exact) mass is 247 g/mol. The molecule has 2 unspecified atom stereocenters. The molecule has 2 N–H and O–H groups in total. The van der Waals surface area contributed by atoms with Crippen LogP contribution in [0, 0.1) is 12.3 Å². The Hall–Kier alpha value is -1.99. The smallest absolute Gasteiger partial charge is 0.261 e. The van der Waals surface area contributed by atoms with Crippen LogP contribution in [0.25, 0.3) is 0 Å². The van der Waals surface area contributed by atoms with E-state index in [-0.39, 0.29) is 12.5 Å². The number of nitrogens with one attached hydrogen (secondary N) is 1. The van der Waals surface area contributed by atoms with Crippen LogP contribution in [-0.2, 0) is 4.79 Å². The Balaban J connectivity index is 2.57. The lowest BCUT2D eigenvalue weighted by molar-refractivity contribution is -0.126.